The van der Waals surface area contributed by atoms with Crippen molar-refractivity contribution in [1.82, 2.24) is 19.9 Å². The van der Waals surface area contributed by atoms with Crippen LogP contribution in [0.25, 0.3) is 10.9 Å². The summed E-state index contributed by atoms with van der Waals surface area (Å²) in [5.41, 5.74) is 6.20. The fourth-order valence-corrected chi connectivity index (χ4v) is 4.09. The Bertz CT molecular complexity index is 1160. The molecule has 2 aromatic carbocycles. The molecule has 0 fully saturated rings. The maximum absolute atomic E-state index is 13.1. The number of carbonyl (C=O) groups is 1. The SMILES string of the molecule is O=C(NCc1ccc(Cn2ccnc2)cc1)c1c2c(nc3ccccc13)CCC2. The average molecular weight is 382 g/mol. The summed E-state index contributed by atoms with van der Waals surface area (Å²) < 4.78 is 2.03. The molecular formula is C24H22N4O. The molecule has 29 heavy (non-hydrogen) atoms. The monoisotopic (exact) mass is 382 g/mol. The standard InChI is InChI=1S/C24H22N4O/c29-24(23-19-4-1-2-6-21(19)27-22-7-3-5-20(22)23)26-14-17-8-10-18(11-9-17)15-28-13-12-25-16-28/h1-2,4,6,8-13,16H,3,5,7,14-15H2,(H,26,29). The van der Waals surface area contributed by atoms with Gasteiger partial charge >= 0.3 is 0 Å². The van der Waals surface area contributed by atoms with Crippen LogP contribution in [0.5, 0.6) is 0 Å². The van der Waals surface area contributed by atoms with Crippen molar-refractivity contribution in [3.8, 4) is 0 Å². The van der Waals surface area contributed by atoms with Crippen molar-refractivity contribution < 1.29 is 4.79 Å². The van der Waals surface area contributed by atoms with Crippen molar-refractivity contribution in [1.29, 1.82) is 0 Å². The molecule has 4 aromatic rings. The zero-order valence-corrected chi connectivity index (χ0v) is 16.1. The molecule has 1 aliphatic rings. The molecule has 2 heterocycles. The summed E-state index contributed by atoms with van der Waals surface area (Å²) in [4.78, 5) is 22.0. The van der Waals surface area contributed by atoms with E-state index in [1.165, 1.54) is 5.56 Å². The van der Waals surface area contributed by atoms with Crippen molar-refractivity contribution in [2.45, 2.75) is 32.4 Å². The van der Waals surface area contributed by atoms with Crippen LogP contribution in [0.2, 0.25) is 0 Å². The van der Waals surface area contributed by atoms with Gasteiger partial charge in [-0.3, -0.25) is 9.78 Å². The van der Waals surface area contributed by atoms with Gasteiger partial charge in [-0.05, 0) is 42.0 Å². The van der Waals surface area contributed by atoms with E-state index in [2.05, 4.69) is 34.6 Å². The summed E-state index contributed by atoms with van der Waals surface area (Å²) in [5, 5.41) is 4.07. The lowest BCUT2D eigenvalue weighted by Gasteiger charge is -2.13. The molecule has 0 bridgehead atoms. The second-order valence-corrected chi connectivity index (χ2v) is 7.52. The highest BCUT2D eigenvalue weighted by atomic mass is 16.1. The molecule has 5 rings (SSSR count). The largest absolute Gasteiger partial charge is 0.348 e. The number of benzene rings is 2. The van der Waals surface area contributed by atoms with Crippen LogP contribution in [-0.2, 0) is 25.9 Å². The van der Waals surface area contributed by atoms with Gasteiger partial charge in [-0.1, -0.05) is 42.5 Å². The number of fused-ring (bicyclic) bond motifs is 2. The smallest absolute Gasteiger partial charge is 0.252 e. The van der Waals surface area contributed by atoms with Gasteiger partial charge in [0.1, 0.15) is 0 Å². The Balaban J connectivity index is 1.34. The van der Waals surface area contributed by atoms with Crippen LogP contribution < -0.4 is 5.32 Å². The topological polar surface area (TPSA) is 59.8 Å². The first-order valence-electron chi connectivity index (χ1n) is 10.0. The minimum atomic E-state index is -0.00996. The molecular weight excluding hydrogens is 360 g/mol. The second-order valence-electron chi connectivity index (χ2n) is 7.52. The molecule has 5 nitrogen and oxygen atoms in total. The third-order valence-electron chi connectivity index (χ3n) is 5.55. The Morgan fingerprint density at radius 3 is 2.69 bits per heavy atom. The molecule has 0 unspecified atom stereocenters. The zero-order valence-electron chi connectivity index (χ0n) is 16.1. The lowest BCUT2D eigenvalue weighted by atomic mass is 10.0. The first-order valence-corrected chi connectivity index (χ1v) is 10.0. The number of amides is 1. The number of rotatable bonds is 5. The molecule has 0 radical (unpaired) electrons. The number of aromatic nitrogens is 3. The van der Waals surface area contributed by atoms with Gasteiger partial charge in [0.05, 0.1) is 17.4 Å². The molecule has 0 aliphatic heterocycles. The maximum Gasteiger partial charge on any atom is 0.252 e. The van der Waals surface area contributed by atoms with Crippen LogP contribution in [0.3, 0.4) is 0 Å². The van der Waals surface area contributed by atoms with Gasteiger partial charge in [0, 0.05) is 36.6 Å². The quantitative estimate of drug-likeness (QED) is 0.569. The molecule has 144 valence electrons. The highest BCUT2D eigenvalue weighted by Gasteiger charge is 2.23. The predicted molar refractivity (Wildman–Crippen MR) is 113 cm³/mol. The average Bonchev–Trinajstić information content (AvgIpc) is 3.43. The second kappa shape index (κ2) is 7.51. The van der Waals surface area contributed by atoms with Gasteiger partial charge in [0.25, 0.3) is 5.91 Å². The first kappa shape index (κ1) is 17.6. The lowest BCUT2D eigenvalue weighted by molar-refractivity contribution is 0.0951. The molecule has 0 atom stereocenters. The fraction of sp³-hybridized carbons (Fsp3) is 0.208. The normalized spacial score (nSPS) is 12.8. The van der Waals surface area contributed by atoms with Crippen LogP contribution in [0, 0.1) is 0 Å². The lowest BCUT2D eigenvalue weighted by Crippen LogP contribution is -2.24. The molecule has 1 N–H and O–H groups in total. The van der Waals surface area contributed by atoms with E-state index in [0.717, 1.165) is 59.1 Å². The minimum Gasteiger partial charge on any atom is -0.348 e. The van der Waals surface area contributed by atoms with E-state index in [4.69, 9.17) is 4.98 Å². The molecule has 1 amide bonds. The van der Waals surface area contributed by atoms with E-state index in [0.29, 0.717) is 6.54 Å². The zero-order chi connectivity index (χ0) is 19.6. The molecule has 0 spiro atoms. The van der Waals surface area contributed by atoms with Crippen molar-refractivity contribution in [2.75, 3.05) is 0 Å². The number of carbonyl (C=O) groups excluding carboxylic acids is 1. The van der Waals surface area contributed by atoms with Gasteiger partial charge in [0.2, 0.25) is 0 Å². The number of aryl methyl sites for hydroxylation is 1. The number of nitrogens with zero attached hydrogens (tertiary/aromatic N) is 3. The molecule has 5 heteroatoms. The fourth-order valence-electron chi connectivity index (χ4n) is 4.09. The maximum atomic E-state index is 13.1. The van der Waals surface area contributed by atoms with Gasteiger partial charge in [0.15, 0.2) is 0 Å². The third kappa shape index (κ3) is 3.51. The van der Waals surface area contributed by atoms with Crippen LogP contribution in [-0.4, -0.2) is 20.4 Å². The number of imidazole rings is 1. The summed E-state index contributed by atoms with van der Waals surface area (Å²) >= 11 is 0. The minimum absolute atomic E-state index is 0.00996. The number of pyridine rings is 1. The Kier molecular flexibility index (Phi) is 4.56. The van der Waals surface area contributed by atoms with Crippen molar-refractivity contribution in [2.24, 2.45) is 0 Å². The number of hydrogen-bond donors (Lipinski definition) is 1. The van der Waals surface area contributed by atoms with E-state index in [9.17, 15) is 4.79 Å². The van der Waals surface area contributed by atoms with Crippen LogP contribution in [0.1, 0.15) is 39.2 Å². The van der Waals surface area contributed by atoms with E-state index in [-0.39, 0.29) is 5.91 Å². The molecule has 0 saturated heterocycles. The Hall–Kier alpha value is -3.47. The number of hydrogen-bond acceptors (Lipinski definition) is 3. The molecule has 0 saturated carbocycles. The summed E-state index contributed by atoms with van der Waals surface area (Å²) in [6.45, 7) is 1.30. The van der Waals surface area contributed by atoms with E-state index in [1.807, 2.05) is 41.4 Å². The van der Waals surface area contributed by atoms with Crippen molar-refractivity contribution in [3.05, 3.63) is 95.2 Å². The Labute approximate surface area is 169 Å². The number of para-hydroxylation sites is 1. The predicted octanol–water partition coefficient (Wildman–Crippen LogP) is 3.90. The van der Waals surface area contributed by atoms with Gasteiger partial charge < -0.3 is 9.88 Å². The van der Waals surface area contributed by atoms with Gasteiger partial charge in [-0.2, -0.15) is 0 Å². The van der Waals surface area contributed by atoms with Crippen molar-refractivity contribution >= 4 is 16.8 Å². The van der Waals surface area contributed by atoms with Gasteiger partial charge in [-0.15, -0.1) is 0 Å². The van der Waals surface area contributed by atoms with E-state index in [1.54, 1.807) is 6.20 Å². The summed E-state index contributed by atoms with van der Waals surface area (Å²) in [6, 6.07) is 16.3. The van der Waals surface area contributed by atoms with Crippen LogP contribution in [0.15, 0.2) is 67.3 Å². The Morgan fingerprint density at radius 1 is 1.03 bits per heavy atom. The summed E-state index contributed by atoms with van der Waals surface area (Å²) in [5.74, 6) is -0.00996. The first-order chi connectivity index (χ1) is 14.3. The highest BCUT2D eigenvalue weighted by molar-refractivity contribution is 6.07. The van der Waals surface area contributed by atoms with Crippen LogP contribution in [0.4, 0.5) is 0 Å². The summed E-state index contributed by atoms with van der Waals surface area (Å²) in [6.07, 6.45) is 8.50. The van der Waals surface area contributed by atoms with E-state index < -0.39 is 0 Å². The Morgan fingerprint density at radius 2 is 1.86 bits per heavy atom. The molecule has 2 aromatic heterocycles. The van der Waals surface area contributed by atoms with Crippen molar-refractivity contribution in [3.63, 3.8) is 0 Å². The highest BCUT2D eigenvalue weighted by Crippen LogP contribution is 2.29. The van der Waals surface area contributed by atoms with Gasteiger partial charge in [-0.25, -0.2) is 4.98 Å². The van der Waals surface area contributed by atoms with Crippen LogP contribution >= 0.6 is 0 Å². The third-order valence-corrected chi connectivity index (χ3v) is 5.55. The number of nitrogens with one attached hydrogen (secondary N) is 1. The molecule has 1 aliphatic carbocycles. The van der Waals surface area contributed by atoms with E-state index >= 15 is 0 Å². The summed E-state index contributed by atoms with van der Waals surface area (Å²) in [7, 11) is 0.